The molecule has 3 rings (SSSR count). The molecule has 1 fully saturated rings. The molecule has 23 heavy (non-hydrogen) atoms. The lowest BCUT2D eigenvalue weighted by atomic mass is 9.97. The van der Waals surface area contributed by atoms with Gasteiger partial charge in [0.1, 0.15) is 5.82 Å². The number of primary amides is 1. The average molecular weight is 333 g/mol. The van der Waals surface area contributed by atoms with Crippen LogP contribution in [0, 0.1) is 11.7 Å². The van der Waals surface area contributed by atoms with Crippen LogP contribution in [-0.4, -0.2) is 35.0 Å². The summed E-state index contributed by atoms with van der Waals surface area (Å²) in [6.07, 6.45) is 3.07. The summed E-state index contributed by atoms with van der Waals surface area (Å²) >= 11 is 1.31. The average Bonchev–Trinajstić information content (AvgIpc) is 2.91. The van der Waals surface area contributed by atoms with Crippen LogP contribution in [0.2, 0.25) is 0 Å². The number of hydrogen-bond acceptors (Lipinski definition) is 4. The van der Waals surface area contributed by atoms with E-state index in [0.717, 1.165) is 5.56 Å². The van der Waals surface area contributed by atoms with Crippen molar-refractivity contribution in [1.29, 1.82) is 0 Å². The minimum Gasteiger partial charge on any atom is -0.369 e. The number of carbonyl (C=O) groups is 2. The van der Waals surface area contributed by atoms with Crippen molar-refractivity contribution in [3.8, 4) is 0 Å². The maximum absolute atomic E-state index is 12.9. The quantitative estimate of drug-likeness (QED) is 0.840. The standard InChI is InChI=1S/C16H16FN3O2S/c17-12-3-1-10(2-4-12)9-13-15(22)19-16(23-13)20-7-5-11(6-8-20)14(18)21/h1-4,9,11H,5-8H2,(H2,18,21)/b13-9+. The van der Waals surface area contributed by atoms with E-state index in [1.165, 1.54) is 23.9 Å². The molecule has 7 heteroatoms. The first-order valence-corrected chi connectivity index (χ1v) is 8.17. The van der Waals surface area contributed by atoms with Crippen molar-refractivity contribution in [2.45, 2.75) is 12.8 Å². The van der Waals surface area contributed by atoms with Crippen molar-refractivity contribution in [3.63, 3.8) is 0 Å². The van der Waals surface area contributed by atoms with Crippen molar-refractivity contribution >= 4 is 34.8 Å². The molecule has 0 aromatic heterocycles. The van der Waals surface area contributed by atoms with Gasteiger partial charge in [-0.1, -0.05) is 12.1 Å². The number of rotatable bonds is 2. The van der Waals surface area contributed by atoms with Gasteiger partial charge in [0.05, 0.1) is 4.91 Å². The van der Waals surface area contributed by atoms with Crippen LogP contribution in [0.25, 0.3) is 6.08 Å². The van der Waals surface area contributed by atoms with Gasteiger partial charge >= 0.3 is 0 Å². The number of nitrogens with zero attached hydrogens (tertiary/aromatic N) is 2. The lowest BCUT2D eigenvalue weighted by Gasteiger charge is -2.31. The third kappa shape index (κ3) is 3.61. The first kappa shape index (κ1) is 15.7. The van der Waals surface area contributed by atoms with Gasteiger partial charge in [0.15, 0.2) is 5.17 Å². The van der Waals surface area contributed by atoms with Crippen molar-refractivity contribution in [1.82, 2.24) is 4.90 Å². The van der Waals surface area contributed by atoms with Gasteiger partial charge in [-0.25, -0.2) is 4.39 Å². The molecule has 2 N–H and O–H groups in total. The second-order valence-electron chi connectivity index (χ2n) is 5.53. The van der Waals surface area contributed by atoms with Crippen LogP contribution in [0.1, 0.15) is 18.4 Å². The van der Waals surface area contributed by atoms with Crippen molar-refractivity contribution in [3.05, 3.63) is 40.6 Å². The molecule has 120 valence electrons. The predicted octanol–water partition coefficient (Wildman–Crippen LogP) is 1.99. The van der Waals surface area contributed by atoms with Gasteiger partial charge in [0, 0.05) is 19.0 Å². The Morgan fingerprint density at radius 1 is 1.30 bits per heavy atom. The Labute approximate surface area is 137 Å². The summed E-state index contributed by atoms with van der Waals surface area (Å²) in [5.41, 5.74) is 6.08. The smallest absolute Gasteiger partial charge is 0.286 e. The molecule has 2 aliphatic heterocycles. The van der Waals surface area contributed by atoms with E-state index >= 15 is 0 Å². The maximum Gasteiger partial charge on any atom is 0.286 e. The molecule has 0 unspecified atom stereocenters. The van der Waals surface area contributed by atoms with E-state index in [-0.39, 0.29) is 23.5 Å². The molecule has 0 radical (unpaired) electrons. The molecule has 1 aromatic rings. The Balaban J connectivity index is 1.66. The second-order valence-corrected chi connectivity index (χ2v) is 6.53. The minimum atomic E-state index is -0.313. The summed E-state index contributed by atoms with van der Waals surface area (Å²) in [5, 5.41) is 0.659. The summed E-state index contributed by atoms with van der Waals surface area (Å²) in [5.74, 6) is -0.958. The van der Waals surface area contributed by atoms with Crippen molar-refractivity contribution in [2.24, 2.45) is 16.6 Å². The zero-order valence-electron chi connectivity index (χ0n) is 12.4. The van der Waals surface area contributed by atoms with E-state index in [2.05, 4.69) is 4.99 Å². The maximum atomic E-state index is 12.9. The van der Waals surface area contributed by atoms with Crippen LogP contribution in [-0.2, 0) is 9.59 Å². The number of nitrogens with two attached hydrogens (primary N) is 1. The van der Waals surface area contributed by atoms with Gasteiger partial charge in [-0.15, -0.1) is 0 Å². The third-order valence-corrected chi connectivity index (χ3v) is 4.99. The van der Waals surface area contributed by atoms with Gasteiger partial charge in [0.25, 0.3) is 5.91 Å². The molecule has 2 aliphatic rings. The predicted molar refractivity (Wildman–Crippen MR) is 87.9 cm³/mol. The fraction of sp³-hybridized carbons (Fsp3) is 0.312. The fourth-order valence-corrected chi connectivity index (χ4v) is 3.56. The van der Waals surface area contributed by atoms with E-state index in [1.54, 1.807) is 18.2 Å². The Bertz CT molecular complexity index is 692. The number of amidine groups is 1. The Morgan fingerprint density at radius 2 is 1.96 bits per heavy atom. The van der Waals surface area contributed by atoms with Gasteiger partial charge in [0.2, 0.25) is 5.91 Å². The largest absolute Gasteiger partial charge is 0.369 e. The van der Waals surface area contributed by atoms with E-state index in [9.17, 15) is 14.0 Å². The molecule has 0 atom stereocenters. The number of carbonyl (C=O) groups excluding carboxylic acids is 2. The highest BCUT2D eigenvalue weighted by atomic mass is 32.2. The highest BCUT2D eigenvalue weighted by Gasteiger charge is 2.30. The van der Waals surface area contributed by atoms with Crippen LogP contribution in [0.4, 0.5) is 4.39 Å². The summed E-state index contributed by atoms with van der Waals surface area (Å²) in [6, 6.07) is 5.94. The fourth-order valence-electron chi connectivity index (χ4n) is 2.60. The number of hydrogen-bond donors (Lipinski definition) is 1. The number of aliphatic imine (C=N–C) groups is 1. The summed E-state index contributed by atoms with van der Waals surface area (Å²) in [4.78, 5) is 29.8. The zero-order valence-corrected chi connectivity index (χ0v) is 13.2. The molecule has 0 aliphatic carbocycles. The van der Waals surface area contributed by atoms with Crippen LogP contribution < -0.4 is 5.73 Å². The van der Waals surface area contributed by atoms with Gasteiger partial charge < -0.3 is 10.6 Å². The molecule has 0 saturated carbocycles. The first-order valence-electron chi connectivity index (χ1n) is 7.35. The molecule has 2 heterocycles. The van der Waals surface area contributed by atoms with Crippen molar-refractivity contribution in [2.75, 3.05) is 13.1 Å². The molecule has 1 aromatic carbocycles. The monoisotopic (exact) mass is 333 g/mol. The van der Waals surface area contributed by atoms with Gasteiger partial charge in [-0.3, -0.25) is 9.59 Å². The molecular formula is C16H16FN3O2S. The van der Waals surface area contributed by atoms with Crippen molar-refractivity contribution < 1.29 is 14.0 Å². The minimum absolute atomic E-state index is 0.0943. The Morgan fingerprint density at radius 3 is 2.57 bits per heavy atom. The van der Waals surface area contributed by atoms with Crippen LogP contribution in [0.3, 0.4) is 0 Å². The second kappa shape index (κ2) is 6.54. The Kier molecular flexibility index (Phi) is 4.47. The van der Waals surface area contributed by atoms with E-state index in [4.69, 9.17) is 5.73 Å². The summed E-state index contributed by atoms with van der Waals surface area (Å²) < 4.78 is 12.9. The normalized spacial score (nSPS) is 20.9. The molecule has 0 spiro atoms. The van der Waals surface area contributed by atoms with E-state index in [1.807, 2.05) is 4.90 Å². The molecule has 0 bridgehead atoms. The van der Waals surface area contributed by atoms with E-state index < -0.39 is 0 Å². The molecule has 2 amide bonds. The molecule has 1 saturated heterocycles. The Hall–Kier alpha value is -2.15. The molecule has 5 nitrogen and oxygen atoms in total. The third-order valence-electron chi connectivity index (χ3n) is 3.94. The number of benzene rings is 1. The van der Waals surface area contributed by atoms with Crippen LogP contribution >= 0.6 is 11.8 Å². The van der Waals surface area contributed by atoms with Crippen LogP contribution in [0.5, 0.6) is 0 Å². The SMILES string of the molecule is NC(=O)C1CCN(C2=NC(=O)/C(=C\c3ccc(F)cc3)S2)CC1. The number of thioether (sulfide) groups is 1. The lowest BCUT2D eigenvalue weighted by molar-refractivity contribution is -0.123. The van der Waals surface area contributed by atoms with Gasteiger partial charge in [-0.2, -0.15) is 4.99 Å². The summed E-state index contributed by atoms with van der Waals surface area (Å²) in [6.45, 7) is 1.33. The first-order chi connectivity index (χ1) is 11.0. The topological polar surface area (TPSA) is 75.8 Å². The zero-order chi connectivity index (χ0) is 16.4. The number of likely N-dealkylation sites (tertiary alicyclic amines) is 1. The lowest BCUT2D eigenvalue weighted by Crippen LogP contribution is -2.40. The number of halogens is 1. The highest BCUT2D eigenvalue weighted by Crippen LogP contribution is 2.32. The van der Waals surface area contributed by atoms with Crippen LogP contribution in [0.15, 0.2) is 34.2 Å². The number of amides is 2. The highest BCUT2D eigenvalue weighted by molar-refractivity contribution is 8.18. The van der Waals surface area contributed by atoms with Gasteiger partial charge in [-0.05, 0) is 48.4 Å². The number of piperidine rings is 1. The van der Waals surface area contributed by atoms with E-state index in [0.29, 0.717) is 36.0 Å². The molecular weight excluding hydrogens is 317 g/mol. The summed E-state index contributed by atoms with van der Waals surface area (Å²) in [7, 11) is 0.